The van der Waals surface area contributed by atoms with E-state index >= 15 is 0 Å². The van der Waals surface area contributed by atoms with Gasteiger partial charge >= 0.3 is 5.97 Å². The molecule has 2 N–H and O–H groups in total. The van der Waals surface area contributed by atoms with E-state index in [1.54, 1.807) is 30.3 Å². The van der Waals surface area contributed by atoms with Crippen LogP contribution in [-0.2, 0) is 14.3 Å². The maximum Gasteiger partial charge on any atom is 0.351 e. The van der Waals surface area contributed by atoms with Crippen LogP contribution in [0.1, 0.15) is 13.8 Å². The van der Waals surface area contributed by atoms with Gasteiger partial charge in [-0.25, -0.2) is 4.79 Å². The maximum atomic E-state index is 12.0. The van der Waals surface area contributed by atoms with Gasteiger partial charge in [-0.05, 0) is 18.1 Å². The summed E-state index contributed by atoms with van der Waals surface area (Å²) in [5.41, 5.74) is 0.795. The molecule has 2 rings (SSSR count). The molecule has 6 nitrogen and oxygen atoms in total. The SMILES string of the molecule is CC(C)COC(=O)/C(C#N)=C1/Nc2ccccc2NC1=O. The predicted octanol–water partition coefficient (Wildman–Crippen LogP) is 2.03. The van der Waals surface area contributed by atoms with E-state index in [1.807, 2.05) is 13.8 Å². The van der Waals surface area contributed by atoms with E-state index in [2.05, 4.69) is 10.6 Å². The van der Waals surface area contributed by atoms with Gasteiger partial charge in [0.15, 0.2) is 5.57 Å². The summed E-state index contributed by atoms with van der Waals surface area (Å²) in [7, 11) is 0. The molecule has 0 aliphatic carbocycles. The molecule has 1 aromatic carbocycles. The summed E-state index contributed by atoms with van der Waals surface area (Å²) in [6.45, 7) is 3.96. The van der Waals surface area contributed by atoms with Crippen molar-refractivity contribution in [2.24, 2.45) is 5.92 Å². The lowest BCUT2D eigenvalue weighted by atomic mass is 10.1. The smallest absolute Gasteiger partial charge is 0.351 e. The van der Waals surface area contributed by atoms with E-state index in [4.69, 9.17) is 10.00 Å². The first-order valence-electron chi connectivity index (χ1n) is 6.51. The molecule has 0 atom stereocenters. The second kappa shape index (κ2) is 6.09. The van der Waals surface area contributed by atoms with Gasteiger partial charge in [-0.1, -0.05) is 26.0 Å². The summed E-state index contributed by atoms with van der Waals surface area (Å²) in [5.74, 6) is -1.19. The Morgan fingerprint density at radius 2 is 1.90 bits per heavy atom. The van der Waals surface area contributed by atoms with Gasteiger partial charge in [-0.15, -0.1) is 0 Å². The standard InChI is InChI=1S/C15H15N3O3/c1-9(2)8-21-15(20)10(7-16)13-14(19)18-12-6-4-3-5-11(12)17-13/h3-6,9,17H,8H2,1-2H3,(H,18,19)/b13-10+. The van der Waals surface area contributed by atoms with Crippen LogP contribution in [0.2, 0.25) is 0 Å². The molecule has 0 saturated carbocycles. The third-order valence-corrected chi connectivity index (χ3v) is 2.78. The Hall–Kier alpha value is -2.81. The predicted molar refractivity (Wildman–Crippen MR) is 77.1 cm³/mol. The minimum absolute atomic E-state index is 0.0926. The number of carbonyl (C=O) groups excluding carboxylic acids is 2. The third kappa shape index (κ3) is 3.20. The number of rotatable bonds is 3. The second-order valence-electron chi connectivity index (χ2n) is 4.98. The van der Waals surface area contributed by atoms with Crippen molar-refractivity contribution >= 4 is 23.3 Å². The largest absolute Gasteiger partial charge is 0.461 e. The van der Waals surface area contributed by atoms with Crippen LogP contribution < -0.4 is 10.6 Å². The lowest BCUT2D eigenvalue weighted by Crippen LogP contribution is -2.29. The number of anilines is 2. The summed E-state index contributed by atoms with van der Waals surface area (Å²) < 4.78 is 5.01. The molecule has 0 aromatic heterocycles. The number of nitriles is 1. The zero-order valence-corrected chi connectivity index (χ0v) is 11.8. The fourth-order valence-corrected chi connectivity index (χ4v) is 1.77. The average molecular weight is 285 g/mol. The van der Waals surface area contributed by atoms with Crippen LogP contribution in [0.3, 0.4) is 0 Å². The monoisotopic (exact) mass is 285 g/mol. The second-order valence-corrected chi connectivity index (χ2v) is 4.98. The van der Waals surface area contributed by atoms with Gasteiger partial charge in [0.1, 0.15) is 11.8 Å². The Morgan fingerprint density at radius 1 is 1.29 bits per heavy atom. The van der Waals surface area contributed by atoms with Crippen molar-refractivity contribution in [1.29, 1.82) is 5.26 Å². The van der Waals surface area contributed by atoms with Crippen LogP contribution in [0, 0.1) is 17.2 Å². The molecule has 1 aromatic rings. The molecule has 0 fully saturated rings. The van der Waals surface area contributed by atoms with Crippen molar-refractivity contribution in [3.05, 3.63) is 35.5 Å². The molecule has 6 heteroatoms. The van der Waals surface area contributed by atoms with Crippen LogP contribution in [0.25, 0.3) is 0 Å². The Kier molecular flexibility index (Phi) is 4.24. The summed E-state index contributed by atoms with van der Waals surface area (Å²) in [6.07, 6.45) is 0. The third-order valence-electron chi connectivity index (χ3n) is 2.78. The van der Waals surface area contributed by atoms with E-state index in [1.165, 1.54) is 0 Å². The van der Waals surface area contributed by atoms with Crippen LogP contribution in [0.4, 0.5) is 11.4 Å². The molecule has 1 heterocycles. The highest BCUT2D eigenvalue weighted by Gasteiger charge is 2.27. The van der Waals surface area contributed by atoms with Crippen molar-refractivity contribution in [2.45, 2.75) is 13.8 Å². The molecule has 0 spiro atoms. The van der Waals surface area contributed by atoms with E-state index in [0.29, 0.717) is 11.4 Å². The van der Waals surface area contributed by atoms with E-state index in [0.717, 1.165) is 0 Å². The van der Waals surface area contributed by atoms with E-state index in [-0.39, 0.29) is 23.8 Å². The minimum Gasteiger partial charge on any atom is -0.461 e. The zero-order valence-electron chi connectivity index (χ0n) is 11.8. The molecule has 21 heavy (non-hydrogen) atoms. The van der Waals surface area contributed by atoms with Crippen molar-refractivity contribution in [2.75, 3.05) is 17.2 Å². The zero-order chi connectivity index (χ0) is 15.4. The van der Waals surface area contributed by atoms with Crippen LogP contribution in [0.15, 0.2) is 35.5 Å². The lowest BCUT2D eigenvalue weighted by Gasteiger charge is -2.21. The number of ether oxygens (including phenoxy) is 1. The Bertz CT molecular complexity index is 656. The number of benzene rings is 1. The number of nitrogens with one attached hydrogen (secondary N) is 2. The van der Waals surface area contributed by atoms with Gasteiger partial charge in [0.25, 0.3) is 5.91 Å². The number of carbonyl (C=O) groups is 2. The Balaban J connectivity index is 2.31. The summed E-state index contributed by atoms with van der Waals surface area (Å²) in [5, 5.41) is 14.6. The molecule has 0 bridgehead atoms. The topological polar surface area (TPSA) is 91.2 Å². The highest BCUT2D eigenvalue weighted by molar-refractivity contribution is 6.15. The molecule has 0 unspecified atom stereocenters. The Labute approximate surface area is 122 Å². The van der Waals surface area contributed by atoms with Gasteiger partial charge in [0.05, 0.1) is 18.0 Å². The number of esters is 1. The molecule has 1 aliphatic heterocycles. The first-order chi connectivity index (χ1) is 10.0. The van der Waals surface area contributed by atoms with Crippen molar-refractivity contribution in [1.82, 2.24) is 0 Å². The average Bonchev–Trinajstić information content (AvgIpc) is 2.46. The van der Waals surface area contributed by atoms with Crippen molar-refractivity contribution in [3.8, 4) is 6.07 Å². The fraction of sp³-hybridized carbons (Fsp3) is 0.267. The molecule has 108 valence electrons. The Morgan fingerprint density at radius 3 is 2.48 bits per heavy atom. The van der Waals surface area contributed by atoms with Crippen molar-refractivity contribution < 1.29 is 14.3 Å². The van der Waals surface area contributed by atoms with Gasteiger partial charge in [0.2, 0.25) is 0 Å². The number of hydrogen-bond acceptors (Lipinski definition) is 5. The number of nitrogens with zero attached hydrogens (tertiary/aromatic N) is 1. The fourth-order valence-electron chi connectivity index (χ4n) is 1.77. The number of hydrogen-bond donors (Lipinski definition) is 2. The molecule has 0 saturated heterocycles. The first-order valence-corrected chi connectivity index (χ1v) is 6.51. The molecule has 1 aliphatic rings. The van der Waals surface area contributed by atoms with Gasteiger partial charge in [-0.3, -0.25) is 4.79 Å². The lowest BCUT2D eigenvalue weighted by molar-refractivity contribution is -0.139. The number of amides is 1. The highest BCUT2D eigenvalue weighted by Crippen LogP contribution is 2.28. The van der Waals surface area contributed by atoms with Crippen molar-refractivity contribution in [3.63, 3.8) is 0 Å². The van der Waals surface area contributed by atoms with Gasteiger partial charge < -0.3 is 15.4 Å². The molecular formula is C15H15N3O3. The van der Waals surface area contributed by atoms with E-state index < -0.39 is 11.9 Å². The highest BCUT2D eigenvalue weighted by atomic mass is 16.5. The molecular weight excluding hydrogens is 270 g/mol. The number of para-hydroxylation sites is 2. The summed E-state index contributed by atoms with van der Waals surface area (Å²) >= 11 is 0. The van der Waals surface area contributed by atoms with Gasteiger partial charge in [-0.2, -0.15) is 5.26 Å². The first kappa shape index (κ1) is 14.6. The minimum atomic E-state index is -0.803. The maximum absolute atomic E-state index is 12.0. The van der Waals surface area contributed by atoms with Crippen LogP contribution in [-0.4, -0.2) is 18.5 Å². The molecule has 1 amide bonds. The summed E-state index contributed by atoms with van der Waals surface area (Å²) in [4.78, 5) is 23.9. The van der Waals surface area contributed by atoms with Crippen LogP contribution in [0.5, 0.6) is 0 Å². The number of fused-ring (bicyclic) bond motifs is 1. The normalized spacial score (nSPS) is 15.4. The summed E-state index contributed by atoms with van der Waals surface area (Å²) in [6, 6.07) is 8.76. The van der Waals surface area contributed by atoms with Gasteiger partial charge in [0, 0.05) is 0 Å². The molecule has 0 radical (unpaired) electrons. The van der Waals surface area contributed by atoms with E-state index in [9.17, 15) is 9.59 Å². The van der Waals surface area contributed by atoms with Crippen LogP contribution >= 0.6 is 0 Å². The quantitative estimate of drug-likeness (QED) is 0.503.